The van der Waals surface area contributed by atoms with Crippen LogP contribution in [0.1, 0.15) is 19.4 Å². The quantitative estimate of drug-likeness (QED) is 0.806. The maximum absolute atomic E-state index is 11.7. The molecule has 0 aliphatic carbocycles. The van der Waals surface area contributed by atoms with Crippen LogP contribution in [-0.2, 0) is 4.79 Å². The molecule has 0 radical (unpaired) electrons. The number of nitrogens with one attached hydrogen (secondary N) is 1. The van der Waals surface area contributed by atoms with Crippen molar-refractivity contribution in [2.45, 2.75) is 26.8 Å². The van der Waals surface area contributed by atoms with Gasteiger partial charge in [0, 0.05) is 9.26 Å². The second-order valence-electron chi connectivity index (χ2n) is 4.22. The van der Waals surface area contributed by atoms with Crippen LogP contribution in [0.4, 0.5) is 5.69 Å². The van der Waals surface area contributed by atoms with Gasteiger partial charge in [-0.25, -0.2) is 0 Å². The van der Waals surface area contributed by atoms with E-state index in [9.17, 15) is 4.79 Å². The molecule has 0 unspecified atom stereocenters. The number of aryl methyl sites for hydroxylation is 1. The number of carbonyl (C=O) groups excluding carboxylic acids is 1. The average molecular weight is 369 g/mol. The Morgan fingerprint density at radius 3 is 2.47 bits per heavy atom. The maximum Gasteiger partial charge on any atom is 0.241 e. The summed E-state index contributed by atoms with van der Waals surface area (Å²) in [4.78, 5) is 11.7. The molecule has 17 heavy (non-hydrogen) atoms. The zero-order chi connectivity index (χ0) is 12.3. The molecule has 5 heteroatoms. The van der Waals surface area contributed by atoms with E-state index in [-0.39, 0.29) is 24.2 Å². The van der Waals surface area contributed by atoms with E-state index in [1.807, 2.05) is 39.0 Å². The summed E-state index contributed by atoms with van der Waals surface area (Å²) in [6.45, 7) is 5.90. The molecule has 0 heterocycles. The third-order valence-corrected chi connectivity index (χ3v) is 3.62. The molecule has 0 saturated carbocycles. The molecule has 0 aromatic heterocycles. The Bertz CT molecular complexity index is 396. The van der Waals surface area contributed by atoms with Gasteiger partial charge in [0.1, 0.15) is 0 Å². The highest BCUT2D eigenvalue weighted by molar-refractivity contribution is 14.1. The molecule has 0 aliphatic heterocycles. The summed E-state index contributed by atoms with van der Waals surface area (Å²) >= 11 is 2.24. The number of halogens is 2. The van der Waals surface area contributed by atoms with E-state index in [0.29, 0.717) is 0 Å². The Kier molecular flexibility index (Phi) is 7.04. The minimum absolute atomic E-state index is 0. The van der Waals surface area contributed by atoms with Crippen LogP contribution in [0.5, 0.6) is 0 Å². The van der Waals surface area contributed by atoms with Crippen molar-refractivity contribution in [2.75, 3.05) is 5.32 Å². The number of rotatable bonds is 3. The zero-order valence-electron chi connectivity index (χ0n) is 10.2. The molecule has 3 N–H and O–H groups in total. The highest BCUT2D eigenvalue weighted by atomic mass is 127. The van der Waals surface area contributed by atoms with Gasteiger partial charge in [-0.05, 0) is 53.1 Å². The molecule has 96 valence electrons. The van der Waals surface area contributed by atoms with Crippen molar-refractivity contribution in [1.29, 1.82) is 0 Å². The van der Waals surface area contributed by atoms with Gasteiger partial charge in [0.15, 0.2) is 0 Å². The summed E-state index contributed by atoms with van der Waals surface area (Å²) in [6.07, 6.45) is 0. The van der Waals surface area contributed by atoms with Crippen molar-refractivity contribution in [3.05, 3.63) is 27.3 Å². The highest BCUT2D eigenvalue weighted by Crippen LogP contribution is 2.17. The fourth-order valence-corrected chi connectivity index (χ4v) is 1.71. The van der Waals surface area contributed by atoms with Crippen molar-refractivity contribution in [2.24, 2.45) is 11.7 Å². The standard InChI is InChI=1S/C12H17IN2O.ClH/c1-7(2)11(14)12(16)15-9-5-4-8(3)10(13)6-9;/h4-7,11H,14H2,1-3H3,(H,15,16);1H/t11-;/m1./s1. The predicted molar refractivity (Wildman–Crippen MR) is 82.6 cm³/mol. The lowest BCUT2D eigenvalue weighted by Crippen LogP contribution is -2.39. The molecule has 1 rings (SSSR count). The molecule has 0 aliphatic rings. The monoisotopic (exact) mass is 368 g/mol. The summed E-state index contributed by atoms with van der Waals surface area (Å²) in [5, 5.41) is 2.82. The molecule has 1 amide bonds. The number of benzene rings is 1. The lowest BCUT2D eigenvalue weighted by Gasteiger charge is -2.15. The van der Waals surface area contributed by atoms with Crippen molar-refractivity contribution in [1.82, 2.24) is 0 Å². The molecule has 0 saturated heterocycles. The van der Waals surface area contributed by atoms with Crippen molar-refractivity contribution < 1.29 is 4.79 Å². The van der Waals surface area contributed by atoms with Gasteiger partial charge in [-0.15, -0.1) is 12.4 Å². The van der Waals surface area contributed by atoms with Gasteiger partial charge < -0.3 is 11.1 Å². The first-order chi connectivity index (χ1) is 7.41. The Hall–Kier alpha value is -0.330. The van der Waals surface area contributed by atoms with Gasteiger partial charge in [-0.2, -0.15) is 0 Å². The summed E-state index contributed by atoms with van der Waals surface area (Å²) in [6, 6.07) is 5.36. The van der Waals surface area contributed by atoms with Crippen molar-refractivity contribution >= 4 is 46.6 Å². The van der Waals surface area contributed by atoms with Crippen LogP contribution in [0.25, 0.3) is 0 Å². The van der Waals surface area contributed by atoms with Gasteiger partial charge >= 0.3 is 0 Å². The van der Waals surface area contributed by atoms with Gasteiger partial charge in [0.05, 0.1) is 6.04 Å². The van der Waals surface area contributed by atoms with E-state index in [0.717, 1.165) is 9.26 Å². The van der Waals surface area contributed by atoms with E-state index in [4.69, 9.17) is 5.73 Å². The topological polar surface area (TPSA) is 55.1 Å². The Labute approximate surface area is 122 Å². The Morgan fingerprint density at radius 2 is 2.00 bits per heavy atom. The van der Waals surface area contributed by atoms with Crippen LogP contribution < -0.4 is 11.1 Å². The van der Waals surface area contributed by atoms with E-state index >= 15 is 0 Å². The number of anilines is 1. The number of amides is 1. The third-order valence-electron chi connectivity index (χ3n) is 2.46. The molecule has 0 fully saturated rings. The van der Waals surface area contributed by atoms with Gasteiger partial charge in [0.25, 0.3) is 0 Å². The van der Waals surface area contributed by atoms with Gasteiger partial charge in [0.2, 0.25) is 5.91 Å². The van der Waals surface area contributed by atoms with Crippen molar-refractivity contribution in [3.63, 3.8) is 0 Å². The van der Waals surface area contributed by atoms with Crippen LogP contribution >= 0.6 is 35.0 Å². The molecule has 3 nitrogen and oxygen atoms in total. The first kappa shape index (κ1) is 16.7. The van der Waals surface area contributed by atoms with Gasteiger partial charge in [-0.3, -0.25) is 4.79 Å². The van der Waals surface area contributed by atoms with E-state index in [1.54, 1.807) is 0 Å². The average Bonchev–Trinajstić information content (AvgIpc) is 2.22. The van der Waals surface area contributed by atoms with E-state index in [1.165, 1.54) is 5.56 Å². The lowest BCUT2D eigenvalue weighted by atomic mass is 10.0. The lowest BCUT2D eigenvalue weighted by molar-refractivity contribution is -0.118. The molecular formula is C12H18ClIN2O. The minimum Gasteiger partial charge on any atom is -0.325 e. The molecular weight excluding hydrogens is 351 g/mol. The SMILES string of the molecule is Cc1ccc(NC(=O)[C@H](N)C(C)C)cc1I.Cl. The molecule has 0 spiro atoms. The Balaban J connectivity index is 0.00000256. The first-order valence-corrected chi connectivity index (χ1v) is 6.32. The van der Waals surface area contributed by atoms with Crippen molar-refractivity contribution in [3.8, 4) is 0 Å². The van der Waals surface area contributed by atoms with Crippen LogP contribution in [0, 0.1) is 16.4 Å². The predicted octanol–water partition coefficient (Wildman–Crippen LogP) is 2.94. The number of carbonyl (C=O) groups is 1. The fraction of sp³-hybridized carbons (Fsp3) is 0.417. The molecule has 1 atom stereocenters. The number of hydrogen-bond donors (Lipinski definition) is 2. The van der Waals surface area contributed by atoms with E-state index < -0.39 is 6.04 Å². The van der Waals surface area contributed by atoms with Gasteiger partial charge in [-0.1, -0.05) is 19.9 Å². The number of hydrogen-bond acceptors (Lipinski definition) is 2. The van der Waals surface area contributed by atoms with Crippen LogP contribution in [-0.4, -0.2) is 11.9 Å². The first-order valence-electron chi connectivity index (χ1n) is 5.24. The summed E-state index contributed by atoms with van der Waals surface area (Å²) in [7, 11) is 0. The second kappa shape index (κ2) is 7.18. The number of nitrogens with two attached hydrogens (primary N) is 1. The summed E-state index contributed by atoms with van der Waals surface area (Å²) < 4.78 is 1.13. The minimum atomic E-state index is -0.459. The molecule has 0 bridgehead atoms. The zero-order valence-corrected chi connectivity index (χ0v) is 13.1. The van der Waals surface area contributed by atoms with E-state index in [2.05, 4.69) is 27.9 Å². The summed E-state index contributed by atoms with van der Waals surface area (Å²) in [5.41, 5.74) is 7.76. The smallest absolute Gasteiger partial charge is 0.241 e. The summed E-state index contributed by atoms with van der Waals surface area (Å²) in [5.74, 6) is 0.0131. The second-order valence-corrected chi connectivity index (χ2v) is 5.39. The molecule has 1 aromatic rings. The normalized spacial score (nSPS) is 11.9. The Morgan fingerprint density at radius 1 is 1.41 bits per heavy atom. The molecule has 1 aromatic carbocycles. The maximum atomic E-state index is 11.7. The highest BCUT2D eigenvalue weighted by Gasteiger charge is 2.17. The van der Waals surface area contributed by atoms with Crippen LogP contribution in [0.3, 0.4) is 0 Å². The van der Waals surface area contributed by atoms with Crippen LogP contribution in [0.15, 0.2) is 18.2 Å². The fourth-order valence-electron chi connectivity index (χ4n) is 1.20. The third kappa shape index (κ3) is 4.81. The van der Waals surface area contributed by atoms with Crippen LogP contribution in [0.2, 0.25) is 0 Å². The largest absolute Gasteiger partial charge is 0.325 e.